The Morgan fingerprint density at radius 1 is 1.23 bits per heavy atom. The zero-order valence-electron chi connectivity index (χ0n) is 19.9. The molecule has 1 atom stereocenters. The van der Waals surface area contributed by atoms with Crippen LogP contribution in [0.3, 0.4) is 0 Å². The van der Waals surface area contributed by atoms with Gasteiger partial charge < -0.3 is 19.9 Å². The van der Waals surface area contributed by atoms with E-state index in [1.165, 1.54) is 35.6 Å². The summed E-state index contributed by atoms with van der Waals surface area (Å²) in [6, 6.07) is 6.93. The van der Waals surface area contributed by atoms with E-state index in [2.05, 4.69) is 79.2 Å². The van der Waals surface area contributed by atoms with Crippen molar-refractivity contribution in [2.45, 2.75) is 65.8 Å². The Morgan fingerprint density at radius 2 is 2.06 bits per heavy atom. The number of ether oxygens (including phenoxy) is 1. The summed E-state index contributed by atoms with van der Waals surface area (Å²) in [5, 5.41) is 3.43. The highest BCUT2D eigenvalue weighted by molar-refractivity contribution is 5.87. The first-order chi connectivity index (χ1) is 15.2. The number of amidine groups is 1. The molecular weight excluding hydrogens is 384 g/mol. The molecule has 1 unspecified atom stereocenters. The van der Waals surface area contributed by atoms with E-state index < -0.39 is 0 Å². The van der Waals surface area contributed by atoms with Gasteiger partial charge in [0.25, 0.3) is 0 Å². The first kappa shape index (κ1) is 23.4. The van der Waals surface area contributed by atoms with Gasteiger partial charge in [-0.1, -0.05) is 25.5 Å². The number of nitrogens with one attached hydrogen (secondary N) is 1. The monoisotopic (exact) mass is 424 g/mol. The van der Waals surface area contributed by atoms with Crippen LogP contribution in [0.15, 0.2) is 47.1 Å². The maximum Gasteiger partial charge on any atom is 0.116 e. The number of nitrogens with zero attached hydrogens (tertiary/aromatic N) is 3. The van der Waals surface area contributed by atoms with Crippen LogP contribution in [0.25, 0.3) is 0 Å². The summed E-state index contributed by atoms with van der Waals surface area (Å²) in [6.45, 7) is 13.1. The molecular formula is C26H40N4O. The van der Waals surface area contributed by atoms with E-state index in [1.807, 2.05) is 0 Å². The summed E-state index contributed by atoms with van der Waals surface area (Å²) in [5.74, 6) is 1.19. The quantitative estimate of drug-likeness (QED) is 0.343. The lowest BCUT2D eigenvalue weighted by Gasteiger charge is -2.23. The van der Waals surface area contributed by atoms with Gasteiger partial charge >= 0.3 is 0 Å². The van der Waals surface area contributed by atoms with Crippen LogP contribution in [0.2, 0.25) is 0 Å². The van der Waals surface area contributed by atoms with Crippen molar-refractivity contribution in [3.05, 3.63) is 47.7 Å². The van der Waals surface area contributed by atoms with Crippen LogP contribution < -0.4 is 10.2 Å². The number of aryl methyl sites for hydroxylation is 1. The predicted molar refractivity (Wildman–Crippen MR) is 133 cm³/mol. The molecule has 1 aromatic rings. The molecule has 0 radical (unpaired) electrons. The van der Waals surface area contributed by atoms with Gasteiger partial charge in [-0.05, 0) is 69.9 Å². The number of aliphatic imine (C=N–C) groups is 1. The van der Waals surface area contributed by atoms with E-state index >= 15 is 0 Å². The number of anilines is 2. The average Bonchev–Trinajstić information content (AvgIpc) is 2.93. The molecule has 1 aromatic carbocycles. The van der Waals surface area contributed by atoms with Crippen molar-refractivity contribution in [3.8, 4) is 0 Å². The normalized spacial score (nSPS) is 17.8. The van der Waals surface area contributed by atoms with Gasteiger partial charge in [0.1, 0.15) is 12.6 Å². The highest BCUT2D eigenvalue weighted by Gasteiger charge is 2.29. The van der Waals surface area contributed by atoms with Crippen LogP contribution in [-0.2, 0) is 4.74 Å². The SMILES string of the molecule is CCCCN1C2=CC=CCCC2N=C1CCOCNc1ccc(N(CC)CC)cc1C. The Labute approximate surface area is 188 Å². The molecule has 5 heteroatoms. The van der Waals surface area contributed by atoms with Crippen LogP contribution in [0.5, 0.6) is 0 Å². The Kier molecular flexibility index (Phi) is 9.01. The molecule has 0 aromatic heterocycles. The Balaban J connectivity index is 1.49. The lowest BCUT2D eigenvalue weighted by atomic mass is 10.1. The van der Waals surface area contributed by atoms with Crippen molar-refractivity contribution in [3.63, 3.8) is 0 Å². The van der Waals surface area contributed by atoms with Crippen LogP contribution in [0.1, 0.15) is 58.4 Å². The third-order valence-corrected chi connectivity index (χ3v) is 6.19. The second-order valence-electron chi connectivity index (χ2n) is 8.31. The van der Waals surface area contributed by atoms with Crippen LogP contribution >= 0.6 is 0 Å². The van der Waals surface area contributed by atoms with Gasteiger partial charge in [-0.3, -0.25) is 4.99 Å². The molecule has 1 N–H and O–H groups in total. The van der Waals surface area contributed by atoms with Gasteiger partial charge in [-0.15, -0.1) is 0 Å². The molecule has 0 bridgehead atoms. The standard InChI is InChI=1S/C26H40N4O/c1-5-8-17-30-25-13-11-9-10-12-24(25)28-26(30)16-18-31-20-27-23-15-14-22(19-21(23)4)29(6-2)7-3/h9,11,13-15,19,24,27H,5-8,10,12,16-18,20H2,1-4H3. The smallest absolute Gasteiger partial charge is 0.116 e. The Hall–Kier alpha value is -2.27. The predicted octanol–water partition coefficient (Wildman–Crippen LogP) is 5.73. The van der Waals surface area contributed by atoms with Crippen molar-refractivity contribution in [2.24, 2.45) is 4.99 Å². The van der Waals surface area contributed by atoms with Crippen molar-refractivity contribution >= 4 is 17.2 Å². The molecule has 3 rings (SSSR count). The molecule has 5 nitrogen and oxygen atoms in total. The highest BCUT2D eigenvalue weighted by atomic mass is 16.5. The van der Waals surface area contributed by atoms with Gasteiger partial charge in [-0.25, -0.2) is 0 Å². The fraction of sp³-hybridized carbons (Fsp3) is 0.577. The topological polar surface area (TPSA) is 40.1 Å². The number of allylic oxidation sites excluding steroid dienone is 3. The van der Waals surface area contributed by atoms with Gasteiger partial charge in [-0.2, -0.15) is 0 Å². The third-order valence-electron chi connectivity index (χ3n) is 6.19. The van der Waals surface area contributed by atoms with Crippen molar-refractivity contribution in [1.29, 1.82) is 0 Å². The van der Waals surface area contributed by atoms with E-state index in [0.717, 1.165) is 44.6 Å². The minimum Gasteiger partial charge on any atom is -0.372 e. The van der Waals surface area contributed by atoms with Gasteiger partial charge in [0.2, 0.25) is 0 Å². The number of hydrogen-bond acceptors (Lipinski definition) is 5. The first-order valence-electron chi connectivity index (χ1n) is 12.1. The number of rotatable bonds is 12. The van der Waals surface area contributed by atoms with E-state index in [4.69, 9.17) is 9.73 Å². The number of fused-ring (bicyclic) bond motifs is 1. The zero-order valence-corrected chi connectivity index (χ0v) is 19.9. The zero-order chi connectivity index (χ0) is 22.1. The number of hydrogen-bond donors (Lipinski definition) is 1. The molecule has 0 saturated heterocycles. The summed E-state index contributed by atoms with van der Waals surface area (Å²) in [4.78, 5) is 9.85. The van der Waals surface area contributed by atoms with Crippen LogP contribution in [0, 0.1) is 6.92 Å². The second kappa shape index (κ2) is 11.9. The third kappa shape index (κ3) is 6.13. The lowest BCUT2D eigenvalue weighted by molar-refractivity contribution is 0.158. The molecule has 0 fully saturated rings. The molecule has 0 amide bonds. The van der Waals surface area contributed by atoms with E-state index in [9.17, 15) is 0 Å². The highest BCUT2D eigenvalue weighted by Crippen LogP contribution is 2.29. The molecule has 1 aliphatic carbocycles. The number of unbranched alkanes of at least 4 members (excludes halogenated alkanes) is 1. The van der Waals surface area contributed by atoms with E-state index in [-0.39, 0.29) is 0 Å². The minimum absolute atomic E-state index is 0.326. The largest absolute Gasteiger partial charge is 0.372 e. The molecule has 2 aliphatic rings. The molecule has 170 valence electrons. The minimum atomic E-state index is 0.326. The summed E-state index contributed by atoms with van der Waals surface area (Å²) in [5.41, 5.74) is 5.04. The fourth-order valence-corrected chi connectivity index (χ4v) is 4.34. The van der Waals surface area contributed by atoms with Gasteiger partial charge in [0.15, 0.2) is 0 Å². The van der Waals surface area contributed by atoms with Gasteiger partial charge in [0, 0.05) is 43.1 Å². The molecule has 1 heterocycles. The van der Waals surface area contributed by atoms with Crippen LogP contribution in [-0.4, -0.2) is 49.7 Å². The maximum atomic E-state index is 5.94. The fourth-order valence-electron chi connectivity index (χ4n) is 4.34. The molecule has 0 spiro atoms. The van der Waals surface area contributed by atoms with Crippen molar-refractivity contribution in [1.82, 2.24) is 4.90 Å². The van der Waals surface area contributed by atoms with E-state index in [0.29, 0.717) is 19.4 Å². The summed E-state index contributed by atoms with van der Waals surface area (Å²) in [7, 11) is 0. The lowest BCUT2D eigenvalue weighted by Crippen LogP contribution is -2.29. The molecule has 1 aliphatic heterocycles. The second-order valence-corrected chi connectivity index (χ2v) is 8.31. The van der Waals surface area contributed by atoms with E-state index in [1.54, 1.807) is 0 Å². The summed E-state index contributed by atoms with van der Waals surface area (Å²) < 4.78 is 5.94. The van der Waals surface area contributed by atoms with Crippen molar-refractivity contribution in [2.75, 3.05) is 43.2 Å². The maximum absolute atomic E-state index is 5.94. The van der Waals surface area contributed by atoms with Crippen molar-refractivity contribution < 1.29 is 4.74 Å². The Bertz CT molecular complexity index is 795. The molecule has 0 saturated carbocycles. The number of benzene rings is 1. The Morgan fingerprint density at radius 3 is 2.81 bits per heavy atom. The van der Waals surface area contributed by atoms with Crippen LogP contribution in [0.4, 0.5) is 11.4 Å². The summed E-state index contributed by atoms with van der Waals surface area (Å²) >= 11 is 0. The summed E-state index contributed by atoms with van der Waals surface area (Å²) in [6.07, 6.45) is 12.2. The molecule has 31 heavy (non-hydrogen) atoms. The average molecular weight is 425 g/mol. The first-order valence-corrected chi connectivity index (χ1v) is 12.1. The van der Waals surface area contributed by atoms with Gasteiger partial charge in [0.05, 0.1) is 12.6 Å².